The van der Waals surface area contributed by atoms with Gasteiger partial charge in [0.15, 0.2) is 0 Å². The fourth-order valence-corrected chi connectivity index (χ4v) is 4.26. The number of nitrogens with one attached hydrogen (secondary N) is 4. The number of carbonyl (C=O) groups excluding carboxylic acids is 5. The Morgan fingerprint density at radius 2 is 1.11 bits per heavy atom. The number of hydrogen-bond donors (Lipinski definition) is 4. The Hall–Kier alpha value is -4.81. The molecule has 0 aliphatic rings. The van der Waals surface area contributed by atoms with Gasteiger partial charge in [0, 0.05) is 13.1 Å². The lowest BCUT2D eigenvalue weighted by molar-refractivity contribution is -0.145. The second-order valence-electron chi connectivity index (χ2n) is 11.8. The topological polar surface area (TPSA) is 170 Å². The predicted octanol–water partition coefficient (Wildman–Crippen LogP) is 4.73. The standard InChI is InChI=1S/C34H48N4O9/c1-34(2,3)47-33(43)38-27(19-11-13-21-35-31(41)45-23-25-15-7-5-8-16-25)29(39)37-28(30(40)44-4)20-12-14-22-36-32(42)46-24-26-17-9-6-10-18-26/h5-10,15-18,27-28H,11-14,19-24H2,1-4H3,(H,35,41)(H,36,42)(H,37,39)(H,38,43)/t27-,28+/m1/s1. The molecule has 0 saturated carbocycles. The molecule has 47 heavy (non-hydrogen) atoms. The van der Waals surface area contributed by atoms with Crippen molar-refractivity contribution in [2.24, 2.45) is 0 Å². The van der Waals surface area contributed by atoms with Crippen molar-refractivity contribution < 1.29 is 42.9 Å². The number of esters is 1. The highest BCUT2D eigenvalue weighted by Crippen LogP contribution is 2.10. The summed E-state index contributed by atoms with van der Waals surface area (Å²) in [5.74, 6) is -1.22. The molecular weight excluding hydrogens is 608 g/mol. The van der Waals surface area contributed by atoms with Crippen molar-refractivity contribution in [3.05, 3.63) is 71.8 Å². The first-order valence-electron chi connectivity index (χ1n) is 15.7. The highest BCUT2D eigenvalue weighted by molar-refractivity contribution is 5.89. The van der Waals surface area contributed by atoms with Gasteiger partial charge >= 0.3 is 24.2 Å². The lowest BCUT2D eigenvalue weighted by atomic mass is 10.1. The zero-order valence-corrected chi connectivity index (χ0v) is 27.7. The predicted molar refractivity (Wildman–Crippen MR) is 174 cm³/mol. The molecule has 0 fully saturated rings. The quantitative estimate of drug-likeness (QED) is 0.101. The van der Waals surface area contributed by atoms with Crippen LogP contribution < -0.4 is 21.3 Å². The summed E-state index contributed by atoms with van der Waals surface area (Å²) in [5, 5.41) is 10.6. The molecule has 4 N–H and O–H groups in total. The minimum Gasteiger partial charge on any atom is -0.467 e. The number of alkyl carbamates (subject to hydrolysis) is 3. The largest absolute Gasteiger partial charge is 0.467 e. The van der Waals surface area contributed by atoms with Crippen LogP contribution in [0.15, 0.2) is 60.7 Å². The van der Waals surface area contributed by atoms with Gasteiger partial charge in [0.25, 0.3) is 0 Å². The molecule has 0 unspecified atom stereocenters. The van der Waals surface area contributed by atoms with E-state index in [0.29, 0.717) is 38.8 Å². The Morgan fingerprint density at radius 3 is 1.55 bits per heavy atom. The normalized spacial score (nSPS) is 12.1. The van der Waals surface area contributed by atoms with Gasteiger partial charge in [0.1, 0.15) is 30.9 Å². The first-order valence-corrected chi connectivity index (χ1v) is 15.7. The van der Waals surface area contributed by atoms with Gasteiger partial charge in [-0.05, 0) is 70.4 Å². The molecule has 0 saturated heterocycles. The van der Waals surface area contributed by atoms with Crippen molar-refractivity contribution in [1.82, 2.24) is 21.3 Å². The zero-order chi connectivity index (χ0) is 34.5. The van der Waals surface area contributed by atoms with E-state index in [-0.39, 0.29) is 26.1 Å². The molecule has 2 aromatic rings. The second-order valence-corrected chi connectivity index (χ2v) is 11.8. The van der Waals surface area contributed by atoms with Crippen molar-refractivity contribution in [2.45, 2.75) is 90.2 Å². The zero-order valence-electron chi connectivity index (χ0n) is 27.7. The Morgan fingerprint density at radius 1 is 0.638 bits per heavy atom. The highest BCUT2D eigenvalue weighted by atomic mass is 16.6. The maximum Gasteiger partial charge on any atom is 0.408 e. The van der Waals surface area contributed by atoms with Crippen molar-refractivity contribution in [3.63, 3.8) is 0 Å². The fourth-order valence-electron chi connectivity index (χ4n) is 4.26. The molecule has 0 spiro atoms. The van der Waals surface area contributed by atoms with Gasteiger partial charge in [-0.3, -0.25) is 4.79 Å². The highest BCUT2D eigenvalue weighted by Gasteiger charge is 2.28. The average molecular weight is 657 g/mol. The minimum absolute atomic E-state index is 0.147. The van der Waals surface area contributed by atoms with E-state index < -0.39 is 47.8 Å². The molecule has 2 rings (SSSR count). The van der Waals surface area contributed by atoms with Crippen LogP contribution in [0.1, 0.15) is 70.4 Å². The van der Waals surface area contributed by atoms with Crippen LogP contribution in [0.3, 0.4) is 0 Å². The number of hydrogen-bond acceptors (Lipinski definition) is 9. The molecule has 258 valence electrons. The van der Waals surface area contributed by atoms with Gasteiger partial charge in [-0.25, -0.2) is 19.2 Å². The van der Waals surface area contributed by atoms with Gasteiger partial charge < -0.3 is 40.2 Å². The number of ether oxygens (including phenoxy) is 4. The third-order valence-electron chi connectivity index (χ3n) is 6.61. The first kappa shape index (κ1) is 38.4. The molecule has 0 radical (unpaired) electrons. The van der Waals surface area contributed by atoms with Crippen LogP contribution >= 0.6 is 0 Å². The van der Waals surface area contributed by atoms with E-state index >= 15 is 0 Å². The van der Waals surface area contributed by atoms with Crippen molar-refractivity contribution in [1.29, 1.82) is 0 Å². The SMILES string of the molecule is COC(=O)[C@H](CCCCNC(=O)OCc1ccccc1)NC(=O)[C@@H](CCCCNC(=O)OCc1ccccc1)NC(=O)OC(C)(C)C. The Kier molecular flexibility index (Phi) is 17.2. The summed E-state index contributed by atoms with van der Waals surface area (Å²) in [4.78, 5) is 62.3. The van der Waals surface area contributed by atoms with E-state index in [2.05, 4.69) is 21.3 Å². The molecule has 0 bridgehead atoms. The molecule has 0 aliphatic heterocycles. The minimum atomic E-state index is -1.01. The van der Waals surface area contributed by atoms with E-state index in [1.54, 1.807) is 20.8 Å². The summed E-state index contributed by atoms with van der Waals surface area (Å²) >= 11 is 0. The summed E-state index contributed by atoms with van der Waals surface area (Å²) in [6.07, 6.45) is 0.530. The molecule has 13 nitrogen and oxygen atoms in total. The summed E-state index contributed by atoms with van der Waals surface area (Å²) in [5.41, 5.74) is 0.951. The second kappa shape index (κ2) is 21.1. The summed E-state index contributed by atoms with van der Waals surface area (Å²) in [7, 11) is 1.22. The summed E-state index contributed by atoms with van der Waals surface area (Å²) in [6, 6.07) is 16.6. The molecule has 2 atom stereocenters. The lowest BCUT2D eigenvalue weighted by Gasteiger charge is -2.25. The number of benzene rings is 2. The molecule has 2 aromatic carbocycles. The van der Waals surface area contributed by atoms with Gasteiger partial charge in [-0.15, -0.1) is 0 Å². The van der Waals surface area contributed by atoms with Crippen LogP contribution in [0.5, 0.6) is 0 Å². The van der Waals surface area contributed by atoms with E-state index in [0.717, 1.165) is 11.1 Å². The average Bonchev–Trinajstić information content (AvgIpc) is 3.04. The molecule has 0 aliphatic carbocycles. The van der Waals surface area contributed by atoms with Gasteiger partial charge in [0.05, 0.1) is 7.11 Å². The monoisotopic (exact) mass is 656 g/mol. The lowest BCUT2D eigenvalue weighted by Crippen LogP contribution is -2.52. The number of methoxy groups -OCH3 is 1. The molecule has 0 aromatic heterocycles. The van der Waals surface area contributed by atoms with E-state index in [1.807, 2.05) is 60.7 Å². The first-order chi connectivity index (χ1) is 22.5. The third-order valence-corrected chi connectivity index (χ3v) is 6.61. The van der Waals surface area contributed by atoms with Crippen LogP contribution in [-0.4, -0.2) is 68.0 Å². The third kappa shape index (κ3) is 17.5. The number of amides is 4. The van der Waals surface area contributed by atoms with Gasteiger partial charge in [-0.1, -0.05) is 60.7 Å². The summed E-state index contributed by atoms with van der Waals surface area (Å²) < 4.78 is 20.6. The van der Waals surface area contributed by atoms with Gasteiger partial charge in [0.2, 0.25) is 5.91 Å². The maximum absolute atomic E-state index is 13.3. The Labute approximate surface area is 276 Å². The van der Waals surface area contributed by atoms with E-state index in [9.17, 15) is 24.0 Å². The molecule has 4 amide bonds. The van der Waals surface area contributed by atoms with Gasteiger partial charge in [-0.2, -0.15) is 0 Å². The molecular formula is C34H48N4O9. The van der Waals surface area contributed by atoms with Crippen LogP contribution in [-0.2, 0) is 41.8 Å². The smallest absolute Gasteiger partial charge is 0.408 e. The Bertz CT molecular complexity index is 1250. The van der Waals surface area contributed by atoms with Crippen molar-refractivity contribution in [3.8, 4) is 0 Å². The van der Waals surface area contributed by atoms with E-state index in [4.69, 9.17) is 18.9 Å². The van der Waals surface area contributed by atoms with Crippen molar-refractivity contribution in [2.75, 3.05) is 20.2 Å². The summed E-state index contributed by atoms with van der Waals surface area (Å²) in [6.45, 7) is 6.02. The van der Waals surface area contributed by atoms with E-state index in [1.165, 1.54) is 7.11 Å². The van der Waals surface area contributed by atoms with Crippen LogP contribution in [0.2, 0.25) is 0 Å². The van der Waals surface area contributed by atoms with Crippen LogP contribution in [0.25, 0.3) is 0 Å². The fraction of sp³-hybridized carbons (Fsp3) is 0.500. The maximum atomic E-state index is 13.3. The molecule has 13 heteroatoms. The van der Waals surface area contributed by atoms with Crippen molar-refractivity contribution >= 4 is 30.2 Å². The number of rotatable bonds is 18. The number of carbonyl (C=O) groups is 5. The Balaban J connectivity index is 1.82. The number of unbranched alkanes of at least 4 members (excludes halogenated alkanes) is 2. The molecule has 0 heterocycles. The van der Waals surface area contributed by atoms with Crippen LogP contribution in [0.4, 0.5) is 14.4 Å². The van der Waals surface area contributed by atoms with Crippen LogP contribution in [0, 0.1) is 0 Å².